The minimum absolute atomic E-state index is 0.100. The first kappa shape index (κ1) is 12.1. The number of nitrogens with zero attached hydrogens (tertiary/aromatic N) is 1. The minimum atomic E-state index is -0.850. The maximum atomic E-state index is 11.6. The maximum absolute atomic E-state index is 11.6. The molecule has 5 nitrogen and oxygen atoms in total. The zero-order chi connectivity index (χ0) is 12.4. The smallest absolute Gasteiger partial charge is 0.347 e. The lowest BCUT2D eigenvalue weighted by molar-refractivity contribution is -0.145. The van der Waals surface area contributed by atoms with Gasteiger partial charge in [-0.05, 0) is 6.07 Å². The van der Waals surface area contributed by atoms with E-state index in [2.05, 4.69) is 9.72 Å². The molecule has 0 saturated carbocycles. The number of halogens is 2. The van der Waals surface area contributed by atoms with Gasteiger partial charge in [-0.3, -0.25) is 0 Å². The fourth-order valence-electron chi connectivity index (χ4n) is 1.31. The number of aromatic nitrogens is 1. The van der Waals surface area contributed by atoms with Gasteiger partial charge in [-0.15, -0.1) is 0 Å². The van der Waals surface area contributed by atoms with Crippen LogP contribution in [-0.2, 0) is 14.3 Å². The summed E-state index contributed by atoms with van der Waals surface area (Å²) >= 11 is 11.3. The number of esters is 2. The van der Waals surface area contributed by atoms with Crippen LogP contribution in [0.2, 0.25) is 10.2 Å². The van der Waals surface area contributed by atoms with Gasteiger partial charge in [0.25, 0.3) is 0 Å². The maximum Gasteiger partial charge on any atom is 0.347 e. The fourth-order valence-corrected chi connectivity index (χ4v) is 1.58. The Kier molecular flexibility index (Phi) is 3.49. The number of cyclic esters (lactones) is 1. The van der Waals surface area contributed by atoms with Crippen molar-refractivity contribution in [3.63, 3.8) is 0 Å². The van der Waals surface area contributed by atoms with E-state index in [0.717, 1.165) is 0 Å². The van der Waals surface area contributed by atoms with E-state index in [-0.39, 0.29) is 22.3 Å². The van der Waals surface area contributed by atoms with Gasteiger partial charge in [0.1, 0.15) is 5.15 Å². The van der Waals surface area contributed by atoms with Crippen molar-refractivity contribution in [1.29, 1.82) is 0 Å². The average Bonchev–Trinajstić information content (AvgIpc) is 2.68. The highest BCUT2D eigenvalue weighted by Crippen LogP contribution is 2.21. The molecular formula is C10H7Cl2NO4. The summed E-state index contributed by atoms with van der Waals surface area (Å²) in [6.45, 7) is 0.260. The third-order valence-corrected chi connectivity index (χ3v) is 2.85. The molecule has 1 aliphatic rings. The Labute approximate surface area is 107 Å². The van der Waals surface area contributed by atoms with Crippen molar-refractivity contribution in [2.45, 2.75) is 12.5 Å². The fraction of sp³-hybridized carbons (Fsp3) is 0.300. The van der Waals surface area contributed by atoms with E-state index in [0.29, 0.717) is 6.42 Å². The highest BCUT2D eigenvalue weighted by Gasteiger charge is 2.30. The number of hydrogen-bond acceptors (Lipinski definition) is 5. The summed E-state index contributed by atoms with van der Waals surface area (Å²) in [5.74, 6) is -1.22. The topological polar surface area (TPSA) is 65.5 Å². The standard InChI is InChI=1S/C10H7Cl2NO4/c11-6-3-5(4-13-8(6)12)9(14)17-7-1-2-16-10(7)15/h3-4,7H,1-2H2/t7-/m1/s1. The lowest BCUT2D eigenvalue weighted by Crippen LogP contribution is -2.22. The molecular weight excluding hydrogens is 269 g/mol. The van der Waals surface area contributed by atoms with E-state index in [9.17, 15) is 9.59 Å². The van der Waals surface area contributed by atoms with E-state index in [4.69, 9.17) is 27.9 Å². The molecule has 2 rings (SSSR count). The van der Waals surface area contributed by atoms with Crippen LogP contribution >= 0.6 is 23.2 Å². The second kappa shape index (κ2) is 4.89. The molecule has 1 atom stereocenters. The number of rotatable bonds is 2. The van der Waals surface area contributed by atoms with Crippen LogP contribution in [0.1, 0.15) is 16.8 Å². The van der Waals surface area contributed by atoms with Crippen LogP contribution in [0.5, 0.6) is 0 Å². The van der Waals surface area contributed by atoms with Gasteiger partial charge in [0, 0.05) is 12.6 Å². The van der Waals surface area contributed by atoms with Gasteiger partial charge in [-0.25, -0.2) is 14.6 Å². The molecule has 7 heteroatoms. The van der Waals surface area contributed by atoms with Gasteiger partial charge in [0.2, 0.25) is 6.10 Å². The number of pyridine rings is 1. The second-order valence-corrected chi connectivity index (χ2v) is 4.11. The van der Waals surface area contributed by atoms with Crippen LogP contribution in [-0.4, -0.2) is 29.6 Å². The monoisotopic (exact) mass is 275 g/mol. The van der Waals surface area contributed by atoms with E-state index in [1.807, 2.05) is 0 Å². The first-order valence-electron chi connectivity index (χ1n) is 4.76. The molecule has 0 aliphatic carbocycles. The van der Waals surface area contributed by atoms with Crippen molar-refractivity contribution >= 4 is 35.1 Å². The Morgan fingerprint density at radius 2 is 2.29 bits per heavy atom. The molecule has 2 heterocycles. The SMILES string of the molecule is O=C(O[C@@H]1CCOC1=O)c1cnc(Cl)c(Cl)c1. The molecule has 0 N–H and O–H groups in total. The van der Waals surface area contributed by atoms with Crippen LogP contribution in [0, 0.1) is 0 Å². The molecule has 0 aromatic carbocycles. The summed E-state index contributed by atoms with van der Waals surface area (Å²) in [7, 11) is 0. The Balaban J connectivity index is 2.09. The van der Waals surface area contributed by atoms with Gasteiger partial charge < -0.3 is 9.47 Å². The largest absolute Gasteiger partial charge is 0.463 e. The van der Waals surface area contributed by atoms with Gasteiger partial charge in [-0.2, -0.15) is 0 Å². The highest BCUT2D eigenvalue weighted by atomic mass is 35.5. The molecule has 1 aromatic rings. The predicted molar refractivity (Wildman–Crippen MR) is 59.0 cm³/mol. The molecule has 1 saturated heterocycles. The zero-order valence-electron chi connectivity index (χ0n) is 8.48. The van der Waals surface area contributed by atoms with Crippen LogP contribution in [0.3, 0.4) is 0 Å². The summed E-state index contributed by atoms with van der Waals surface area (Å²) in [5.41, 5.74) is 0.138. The molecule has 0 spiro atoms. The third kappa shape index (κ3) is 2.68. The first-order chi connectivity index (χ1) is 8.08. The van der Waals surface area contributed by atoms with E-state index < -0.39 is 18.0 Å². The van der Waals surface area contributed by atoms with Gasteiger partial charge in [0.05, 0.1) is 17.2 Å². The Morgan fingerprint density at radius 1 is 1.53 bits per heavy atom. The van der Waals surface area contributed by atoms with Crippen molar-refractivity contribution in [2.75, 3.05) is 6.61 Å². The normalized spacial score (nSPS) is 18.9. The van der Waals surface area contributed by atoms with Crippen molar-refractivity contribution in [2.24, 2.45) is 0 Å². The van der Waals surface area contributed by atoms with Crippen LogP contribution < -0.4 is 0 Å². The summed E-state index contributed by atoms with van der Waals surface area (Å²) in [6.07, 6.45) is 0.743. The Hall–Kier alpha value is -1.33. The van der Waals surface area contributed by atoms with Crippen molar-refractivity contribution < 1.29 is 19.1 Å². The van der Waals surface area contributed by atoms with Crippen LogP contribution in [0.25, 0.3) is 0 Å². The number of ether oxygens (including phenoxy) is 2. The molecule has 1 aromatic heterocycles. The molecule has 0 amide bonds. The van der Waals surface area contributed by atoms with Crippen molar-refractivity contribution in [1.82, 2.24) is 4.98 Å². The summed E-state index contributed by atoms with van der Waals surface area (Å²) in [6, 6.07) is 1.33. The number of carbonyl (C=O) groups excluding carboxylic acids is 2. The molecule has 17 heavy (non-hydrogen) atoms. The minimum Gasteiger partial charge on any atom is -0.463 e. The summed E-state index contributed by atoms with van der Waals surface area (Å²) in [4.78, 5) is 26.4. The third-order valence-electron chi connectivity index (χ3n) is 2.17. The molecule has 0 radical (unpaired) electrons. The molecule has 0 bridgehead atoms. The number of hydrogen-bond donors (Lipinski definition) is 0. The molecule has 0 unspecified atom stereocenters. The van der Waals surface area contributed by atoms with E-state index in [1.165, 1.54) is 12.3 Å². The van der Waals surface area contributed by atoms with E-state index in [1.54, 1.807) is 0 Å². The van der Waals surface area contributed by atoms with E-state index >= 15 is 0 Å². The van der Waals surface area contributed by atoms with Crippen molar-refractivity contribution in [3.05, 3.63) is 28.0 Å². The van der Waals surface area contributed by atoms with Crippen molar-refractivity contribution in [3.8, 4) is 0 Å². The van der Waals surface area contributed by atoms with Gasteiger partial charge in [-0.1, -0.05) is 23.2 Å². The second-order valence-electron chi connectivity index (χ2n) is 3.35. The summed E-state index contributed by atoms with van der Waals surface area (Å²) in [5, 5.41) is 0.249. The van der Waals surface area contributed by atoms with Gasteiger partial charge >= 0.3 is 11.9 Å². The molecule has 1 fully saturated rings. The first-order valence-corrected chi connectivity index (χ1v) is 5.52. The zero-order valence-corrected chi connectivity index (χ0v) is 9.99. The Morgan fingerprint density at radius 3 is 2.88 bits per heavy atom. The predicted octanol–water partition coefficient (Wildman–Crippen LogP) is 1.86. The van der Waals surface area contributed by atoms with Gasteiger partial charge in [0.15, 0.2) is 0 Å². The Bertz CT molecular complexity index is 477. The quantitative estimate of drug-likeness (QED) is 0.609. The summed E-state index contributed by atoms with van der Waals surface area (Å²) < 4.78 is 9.62. The van der Waals surface area contributed by atoms with Crippen LogP contribution in [0.15, 0.2) is 12.3 Å². The molecule has 1 aliphatic heterocycles. The molecule has 90 valence electrons. The number of carbonyl (C=O) groups is 2. The average molecular weight is 276 g/mol. The lowest BCUT2D eigenvalue weighted by Gasteiger charge is -2.08. The highest BCUT2D eigenvalue weighted by molar-refractivity contribution is 6.41. The lowest BCUT2D eigenvalue weighted by atomic mass is 10.2. The van der Waals surface area contributed by atoms with Crippen LogP contribution in [0.4, 0.5) is 0 Å².